The van der Waals surface area contributed by atoms with Gasteiger partial charge < -0.3 is 10.4 Å². The van der Waals surface area contributed by atoms with E-state index in [0.717, 1.165) is 12.8 Å². The lowest BCUT2D eigenvalue weighted by Crippen LogP contribution is -2.56. The minimum Gasteiger partial charge on any atom is -0.394 e. The summed E-state index contributed by atoms with van der Waals surface area (Å²) in [5.74, 6) is 0. The molecule has 19 heavy (non-hydrogen) atoms. The molecule has 3 heteroatoms. The number of likely N-dealkylation sites (tertiary alicyclic amines) is 1. The molecule has 2 aliphatic carbocycles. The highest BCUT2D eigenvalue weighted by Crippen LogP contribution is 2.38. The van der Waals surface area contributed by atoms with Crippen LogP contribution in [0.25, 0.3) is 0 Å². The smallest absolute Gasteiger partial charge is 0.0613 e. The van der Waals surface area contributed by atoms with E-state index in [4.69, 9.17) is 0 Å². The van der Waals surface area contributed by atoms with Crippen molar-refractivity contribution in [2.45, 2.75) is 76.4 Å². The number of nitrogens with one attached hydrogen (secondary N) is 1. The lowest BCUT2D eigenvalue weighted by atomic mass is 9.78. The molecule has 1 heterocycles. The fraction of sp³-hybridized carbons (Fsp3) is 1.00. The average Bonchev–Trinajstić information content (AvgIpc) is 3.11. The second-order valence-electron chi connectivity index (χ2n) is 7.99. The van der Waals surface area contributed by atoms with Gasteiger partial charge in [0.2, 0.25) is 0 Å². The van der Waals surface area contributed by atoms with Gasteiger partial charge in [-0.2, -0.15) is 0 Å². The maximum absolute atomic E-state index is 9.90. The van der Waals surface area contributed by atoms with E-state index < -0.39 is 0 Å². The van der Waals surface area contributed by atoms with E-state index in [1.165, 1.54) is 45.2 Å². The van der Waals surface area contributed by atoms with Crippen molar-refractivity contribution in [2.75, 3.05) is 19.7 Å². The highest BCUT2D eigenvalue weighted by atomic mass is 16.3. The quantitative estimate of drug-likeness (QED) is 0.818. The van der Waals surface area contributed by atoms with Gasteiger partial charge in [-0.1, -0.05) is 13.8 Å². The van der Waals surface area contributed by atoms with Crippen LogP contribution >= 0.6 is 0 Å². The third kappa shape index (κ3) is 3.14. The molecule has 3 nitrogen and oxygen atoms in total. The van der Waals surface area contributed by atoms with E-state index >= 15 is 0 Å². The van der Waals surface area contributed by atoms with Gasteiger partial charge in [0.1, 0.15) is 0 Å². The Morgan fingerprint density at radius 1 is 1.21 bits per heavy atom. The minimum atomic E-state index is 0.0246. The molecular weight excluding hydrogens is 236 g/mol. The van der Waals surface area contributed by atoms with Crippen LogP contribution in [0.15, 0.2) is 0 Å². The molecule has 2 saturated carbocycles. The van der Waals surface area contributed by atoms with Crippen LogP contribution in [0.3, 0.4) is 0 Å². The molecule has 110 valence electrons. The van der Waals surface area contributed by atoms with E-state index in [1.807, 2.05) is 0 Å². The zero-order valence-corrected chi connectivity index (χ0v) is 12.6. The van der Waals surface area contributed by atoms with E-state index in [0.29, 0.717) is 24.1 Å². The molecule has 2 atom stereocenters. The molecule has 0 radical (unpaired) electrons. The summed E-state index contributed by atoms with van der Waals surface area (Å²) < 4.78 is 0. The maximum atomic E-state index is 9.90. The molecule has 0 bridgehead atoms. The number of rotatable bonds is 4. The summed E-state index contributed by atoms with van der Waals surface area (Å²) in [5, 5.41) is 13.7. The first-order valence-electron chi connectivity index (χ1n) is 8.15. The van der Waals surface area contributed by atoms with Crippen LogP contribution in [-0.4, -0.2) is 47.3 Å². The summed E-state index contributed by atoms with van der Waals surface area (Å²) in [4.78, 5) is 2.69. The molecule has 0 aromatic carbocycles. The van der Waals surface area contributed by atoms with Gasteiger partial charge >= 0.3 is 0 Å². The van der Waals surface area contributed by atoms with Gasteiger partial charge in [0, 0.05) is 24.2 Å². The lowest BCUT2D eigenvalue weighted by molar-refractivity contribution is 0.0639. The van der Waals surface area contributed by atoms with Crippen molar-refractivity contribution in [3.05, 3.63) is 0 Å². The Hall–Kier alpha value is -0.120. The van der Waals surface area contributed by atoms with Gasteiger partial charge in [0.25, 0.3) is 0 Å². The molecule has 0 spiro atoms. The molecular formula is C16H30N2O. The SMILES string of the molecule is CC1(C)CCN(C2CCCC(CO)(NC3CC3)C2)C1. The number of aliphatic hydroxyl groups excluding tert-OH is 1. The highest BCUT2D eigenvalue weighted by molar-refractivity contribution is 5.02. The molecule has 0 aromatic heterocycles. The second kappa shape index (κ2) is 5.01. The fourth-order valence-corrected chi connectivity index (χ4v) is 4.09. The summed E-state index contributed by atoms with van der Waals surface area (Å²) in [5.41, 5.74) is 0.514. The molecule has 0 aromatic rings. The molecule has 0 amide bonds. The average molecular weight is 266 g/mol. The summed E-state index contributed by atoms with van der Waals surface area (Å²) >= 11 is 0. The Balaban J connectivity index is 1.63. The standard InChI is InChI=1S/C16H30N2O/c1-15(2)8-9-18(11-15)14-4-3-7-16(10-14,12-19)17-13-5-6-13/h13-14,17,19H,3-12H2,1-2H3. The summed E-state index contributed by atoms with van der Waals surface area (Å²) in [6, 6.07) is 1.38. The lowest BCUT2D eigenvalue weighted by Gasteiger charge is -2.44. The van der Waals surface area contributed by atoms with Crippen LogP contribution < -0.4 is 5.32 Å². The van der Waals surface area contributed by atoms with Crippen LogP contribution in [-0.2, 0) is 0 Å². The molecule has 1 saturated heterocycles. The predicted octanol–water partition coefficient (Wildman–Crippen LogP) is 2.14. The van der Waals surface area contributed by atoms with Crippen molar-refractivity contribution in [3.63, 3.8) is 0 Å². The zero-order valence-electron chi connectivity index (χ0n) is 12.6. The summed E-state index contributed by atoms with van der Waals surface area (Å²) in [7, 11) is 0. The van der Waals surface area contributed by atoms with Gasteiger partial charge in [0.05, 0.1) is 6.61 Å². The first-order valence-corrected chi connectivity index (χ1v) is 8.15. The number of hydrogen-bond acceptors (Lipinski definition) is 3. The zero-order chi connectivity index (χ0) is 13.5. The van der Waals surface area contributed by atoms with Crippen LogP contribution in [0.4, 0.5) is 0 Å². The van der Waals surface area contributed by atoms with Crippen molar-refractivity contribution in [2.24, 2.45) is 5.41 Å². The van der Waals surface area contributed by atoms with Crippen molar-refractivity contribution >= 4 is 0 Å². The van der Waals surface area contributed by atoms with E-state index in [9.17, 15) is 5.11 Å². The van der Waals surface area contributed by atoms with E-state index in [-0.39, 0.29) is 5.54 Å². The monoisotopic (exact) mass is 266 g/mol. The first kappa shape index (κ1) is 13.8. The van der Waals surface area contributed by atoms with Crippen LogP contribution in [0, 0.1) is 5.41 Å². The highest BCUT2D eigenvalue weighted by Gasteiger charge is 2.43. The Morgan fingerprint density at radius 2 is 2.00 bits per heavy atom. The normalized spacial score (nSPS) is 39.6. The van der Waals surface area contributed by atoms with E-state index in [2.05, 4.69) is 24.1 Å². The first-order chi connectivity index (χ1) is 9.02. The van der Waals surface area contributed by atoms with Crippen LogP contribution in [0.1, 0.15) is 58.8 Å². The second-order valence-corrected chi connectivity index (χ2v) is 7.99. The molecule has 2 N–H and O–H groups in total. The minimum absolute atomic E-state index is 0.0246. The molecule has 3 rings (SSSR count). The maximum Gasteiger partial charge on any atom is 0.0613 e. The van der Waals surface area contributed by atoms with E-state index in [1.54, 1.807) is 0 Å². The predicted molar refractivity (Wildman–Crippen MR) is 78.2 cm³/mol. The number of nitrogens with zero attached hydrogens (tertiary/aromatic N) is 1. The Labute approximate surface area is 117 Å². The van der Waals surface area contributed by atoms with Crippen molar-refractivity contribution in [1.29, 1.82) is 0 Å². The third-order valence-electron chi connectivity index (χ3n) is 5.43. The van der Waals surface area contributed by atoms with Crippen LogP contribution in [0.5, 0.6) is 0 Å². The van der Waals surface area contributed by atoms with Crippen LogP contribution in [0.2, 0.25) is 0 Å². The Bertz CT molecular complexity index is 327. The molecule has 1 aliphatic heterocycles. The van der Waals surface area contributed by atoms with Gasteiger partial charge in [-0.15, -0.1) is 0 Å². The molecule has 3 aliphatic rings. The van der Waals surface area contributed by atoms with Gasteiger partial charge in [-0.25, -0.2) is 0 Å². The largest absolute Gasteiger partial charge is 0.394 e. The topological polar surface area (TPSA) is 35.5 Å². The summed E-state index contributed by atoms with van der Waals surface area (Å²) in [6.07, 6.45) is 8.84. The Kier molecular flexibility index (Phi) is 3.65. The fourth-order valence-electron chi connectivity index (χ4n) is 4.09. The van der Waals surface area contributed by atoms with Gasteiger partial charge in [0.15, 0.2) is 0 Å². The summed E-state index contributed by atoms with van der Waals surface area (Å²) in [6.45, 7) is 7.58. The molecule has 3 fully saturated rings. The number of aliphatic hydroxyl groups is 1. The Morgan fingerprint density at radius 3 is 2.58 bits per heavy atom. The number of hydrogen-bond donors (Lipinski definition) is 2. The van der Waals surface area contributed by atoms with Crippen molar-refractivity contribution in [1.82, 2.24) is 10.2 Å². The van der Waals surface area contributed by atoms with Gasteiger partial charge in [-0.05, 0) is 56.9 Å². The third-order valence-corrected chi connectivity index (χ3v) is 5.43. The van der Waals surface area contributed by atoms with Crippen molar-refractivity contribution < 1.29 is 5.11 Å². The van der Waals surface area contributed by atoms with Crippen molar-refractivity contribution in [3.8, 4) is 0 Å². The van der Waals surface area contributed by atoms with Gasteiger partial charge in [-0.3, -0.25) is 4.90 Å². The molecule has 2 unspecified atom stereocenters.